The van der Waals surface area contributed by atoms with Gasteiger partial charge >= 0.3 is 0 Å². The first kappa shape index (κ1) is 12.6. The van der Waals surface area contributed by atoms with Gasteiger partial charge in [-0.1, -0.05) is 12.1 Å². The summed E-state index contributed by atoms with van der Waals surface area (Å²) in [6.07, 6.45) is 1.40. The fourth-order valence-corrected chi connectivity index (χ4v) is 1.67. The van der Waals surface area contributed by atoms with E-state index in [0.717, 1.165) is 0 Å². The van der Waals surface area contributed by atoms with Crippen LogP contribution in [0.3, 0.4) is 0 Å². The third kappa shape index (κ3) is 2.40. The molecule has 19 heavy (non-hydrogen) atoms. The number of hydrogen-bond donors (Lipinski definition) is 1. The zero-order chi connectivity index (χ0) is 13.8. The summed E-state index contributed by atoms with van der Waals surface area (Å²) in [5.41, 5.74) is 0.709. The molecule has 1 N–H and O–H groups in total. The Morgan fingerprint density at radius 1 is 1.47 bits per heavy atom. The lowest BCUT2D eigenvalue weighted by Gasteiger charge is -2.09. The van der Waals surface area contributed by atoms with Crippen LogP contribution in [0.25, 0.3) is 0 Å². The Morgan fingerprint density at radius 3 is 2.89 bits per heavy atom. The van der Waals surface area contributed by atoms with Crippen LogP contribution in [0.1, 0.15) is 15.9 Å². The number of amides is 1. The molecule has 0 atom stereocenters. The average molecular weight is 256 g/mol. The summed E-state index contributed by atoms with van der Waals surface area (Å²) < 4.78 is 6.56. The van der Waals surface area contributed by atoms with E-state index in [9.17, 15) is 4.79 Å². The Balaban J connectivity index is 2.31. The van der Waals surface area contributed by atoms with Crippen LogP contribution in [0.15, 0.2) is 30.5 Å². The van der Waals surface area contributed by atoms with Gasteiger partial charge in [0.1, 0.15) is 23.2 Å². The van der Waals surface area contributed by atoms with Gasteiger partial charge in [0.05, 0.1) is 18.9 Å². The number of anilines is 1. The molecular weight excluding hydrogens is 244 g/mol. The van der Waals surface area contributed by atoms with Crippen molar-refractivity contribution in [3.63, 3.8) is 0 Å². The molecule has 0 aliphatic heterocycles. The first-order chi connectivity index (χ1) is 9.17. The van der Waals surface area contributed by atoms with Crippen molar-refractivity contribution < 1.29 is 9.53 Å². The number of aromatic nitrogens is 2. The molecule has 1 heterocycles. The molecule has 1 amide bonds. The number of nitrogens with one attached hydrogen (secondary N) is 1. The van der Waals surface area contributed by atoms with Crippen molar-refractivity contribution in [1.82, 2.24) is 9.78 Å². The monoisotopic (exact) mass is 256 g/mol. The van der Waals surface area contributed by atoms with E-state index in [-0.39, 0.29) is 5.91 Å². The maximum absolute atomic E-state index is 12.2. The van der Waals surface area contributed by atoms with Crippen LogP contribution in [0, 0.1) is 11.3 Å². The topological polar surface area (TPSA) is 79.9 Å². The molecule has 0 spiro atoms. The lowest BCUT2D eigenvalue weighted by Crippen LogP contribution is -2.16. The molecule has 2 rings (SSSR count). The van der Waals surface area contributed by atoms with Crippen molar-refractivity contribution in [2.24, 2.45) is 7.05 Å². The van der Waals surface area contributed by atoms with Crippen molar-refractivity contribution in [3.8, 4) is 11.8 Å². The van der Waals surface area contributed by atoms with Crippen LogP contribution >= 0.6 is 0 Å². The maximum Gasteiger partial charge on any atom is 0.260 e. The van der Waals surface area contributed by atoms with E-state index < -0.39 is 0 Å². The second-order valence-electron chi connectivity index (χ2n) is 3.80. The molecule has 1 aromatic carbocycles. The third-order valence-corrected chi connectivity index (χ3v) is 2.64. The molecule has 6 nitrogen and oxygen atoms in total. The van der Waals surface area contributed by atoms with Crippen molar-refractivity contribution in [1.29, 1.82) is 5.26 Å². The SMILES string of the molecule is COc1ccccc1C(=O)Nc1c(C#N)cnn1C. The number of benzene rings is 1. The van der Waals surface area contributed by atoms with Gasteiger partial charge in [-0.05, 0) is 12.1 Å². The fourth-order valence-electron chi connectivity index (χ4n) is 1.67. The highest BCUT2D eigenvalue weighted by Gasteiger charge is 2.15. The molecular formula is C13H12N4O2. The summed E-state index contributed by atoms with van der Waals surface area (Å²) >= 11 is 0. The lowest BCUT2D eigenvalue weighted by atomic mass is 10.2. The number of rotatable bonds is 3. The zero-order valence-corrected chi connectivity index (χ0v) is 10.5. The van der Waals surface area contributed by atoms with Gasteiger partial charge in [-0.3, -0.25) is 9.48 Å². The van der Waals surface area contributed by atoms with Crippen molar-refractivity contribution in [2.75, 3.05) is 12.4 Å². The van der Waals surface area contributed by atoms with Gasteiger partial charge in [-0.25, -0.2) is 0 Å². The number of nitriles is 1. The minimum absolute atomic E-state index is 0.311. The minimum atomic E-state index is -0.349. The van der Waals surface area contributed by atoms with Gasteiger partial charge in [0.2, 0.25) is 0 Å². The summed E-state index contributed by atoms with van der Waals surface area (Å²) in [5, 5.41) is 15.5. The smallest absolute Gasteiger partial charge is 0.260 e. The van der Waals surface area contributed by atoms with Gasteiger partial charge in [0.25, 0.3) is 5.91 Å². The molecule has 2 aromatic rings. The predicted octanol–water partition coefficient (Wildman–Crippen LogP) is 1.55. The molecule has 0 aliphatic rings. The van der Waals surface area contributed by atoms with E-state index >= 15 is 0 Å². The normalized spacial score (nSPS) is 9.74. The number of ether oxygens (including phenoxy) is 1. The fraction of sp³-hybridized carbons (Fsp3) is 0.154. The van der Waals surface area contributed by atoms with Gasteiger partial charge in [-0.15, -0.1) is 0 Å². The van der Waals surface area contributed by atoms with Gasteiger partial charge in [0, 0.05) is 7.05 Å². The second kappa shape index (κ2) is 5.23. The summed E-state index contributed by atoms with van der Waals surface area (Å²) in [4.78, 5) is 12.2. The zero-order valence-electron chi connectivity index (χ0n) is 10.5. The maximum atomic E-state index is 12.2. The number of aryl methyl sites for hydroxylation is 1. The molecule has 6 heteroatoms. The van der Waals surface area contributed by atoms with Crippen LogP contribution in [0.4, 0.5) is 5.82 Å². The molecule has 0 radical (unpaired) electrons. The summed E-state index contributed by atoms with van der Waals surface area (Å²) in [7, 11) is 3.15. The highest BCUT2D eigenvalue weighted by Crippen LogP contribution is 2.20. The molecule has 0 bridgehead atoms. The second-order valence-corrected chi connectivity index (χ2v) is 3.80. The van der Waals surface area contributed by atoms with Crippen molar-refractivity contribution >= 4 is 11.7 Å². The van der Waals surface area contributed by atoms with Gasteiger partial charge in [-0.2, -0.15) is 10.4 Å². The number of carbonyl (C=O) groups excluding carboxylic acids is 1. The van der Waals surface area contributed by atoms with Crippen LogP contribution in [0.2, 0.25) is 0 Å². The summed E-state index contributed by atoms with van der Waals surface area (Å²) in [6.45, 7) is 0. The Labute approximate surface area is 110 Å². The van der Waals surface area contributed by atoms with E-state index in [1.807, 2.05) is 6.07 Å². The first-order valence-corrected chi connectivity index (χ1v) is 5.54. The van der Waals surface area contributed by atoms with Gasteiger partial charge in [0.15, 0.2) is 0 Å². The number of nitrogens with zero attached hydrogens (tertiary/aromatic N) is 3. The van der Waals surface area contributed by atoms with Gasteiger partial charge < -0.3 is 10.1 Å². The Bertz CT molecular complexity index is 655. The quantitative estimate of drug-likeness (QED) is 0.903. The highest BCUT2D eigenvalue weighted by molar-refractivity contribution is 6.06. The van der Waals surface area contributed by atoms with Crippen LogP contribution in [0.5, 0.6) is 5.75 Å². The Hall–Kier alpha value is -2.81. The number of hydrogen-bond acceptors (Lipinski definition) is 4. The molecule has 0 fully saturated rings. The van der Waals surface area contributed by atoms with E-state index in [0.29, 0.717) is 22.7 Å². The Kier molecular flexibility index (Phi) is 3.48. The van der Waals surface area contributed by atoms with E-state index in [1.54, 1.807) is 31.3 Å². The number of para-hydroxylation sites is 1. The third-order valence-electron chi connectivity index (χ3n) is 2.64. The van der Waals surface area contributed by atoms with E-state index in [1.165, 1.54) is 18.0 Å². The standard InChI is InChI=1S/C13H12N4O2/c1-17-12(9(7-14)8-15-17)16-13(18)10-5-3-4-6-11(10)19-2/h3-6,8H,1-2H3,(H,16,18). The van der Waals surface area contributed by atoms with Crippen LogP contribution < -0.4 is 10.1 Å². The largest absolute Gasteiger partial charge is 0.496 e. The number of carbonyl (C=O) groups is 1. The molecule has 96 valence electrons. The molecule has 1 aromatic heterocycles. The van der Waals surface area contributed by atoms with Crippen LogP contribution in [-0.4, -0.2) is 22.8 Å². The minimum Gasteiger partial charge on any atom is -0.496 e. The molecule has 0 saturated carbocycles. The van der Waals surface area contributed by atoms with E-state index in [2.05, 4.69) is 10.4 Å². The number of methoxy groups -OCH3 is 1. The highest BCUT2D eigenvalue weighted by atomic mass is 16.5. The Morgan fingerprint density at radius 2 is 2.21 bits per heavy atom. The predicted molar refractivity (Wildman–Crippen MR) is 68.9 cm³/mol. The van der Waals surface area contributed by atoms with E-state index in [4.69, 9.17) is 10.00 Å². The molecule has 0 unspecified atom stereocenters. The molecule has 0 aliphatic carbocycles. The average Bonchev–Trinajstić information content (AvgIpc) is 2.79. The first-order valence-electron chi connectivity index (χ1n) is 5.54. The summed E-state index contributed by atoms with van der Waals surface area (Å²) in [5.74, 6) is 0.483. The van der Waals surface area contributed by atoms with Crippen molar-refractivity contribution in [3.05, 3.63) is 41.6 Å². The van der Waals surface area contributed by atoms with Crippen molar-refractivity contribution in [2.45, 2.75) is 0 Å². The molecule has 0 saturated heterocycles. The lowest BCUT2D eigenvalue weighted by molar-refractivity contribution is 0.102. The summed E-state index contributed by atoms with van der Waals surface area (Å²) in [6, 6.07) is 8.84. The van der Waals surface area contributed by atoms with Crippen LogP contribution in [-0.2, 0) is 7.05 Å².